The van der Waals surface area contributed by atoms with E-state index in [4.69, 9.17) is 0 Å². The van der Waals surface area contributed by atoms with Crippen LogP contribution in [0.5, 0.6) is 0 Å². The molecule has 5 heteroatoms. The van der Waals surface area contributed by atoms with Gasteiger partial charge in [-0.15, -0.1) is 0 Å². The van der Waals surface area contributed by atoms with Crippen molar-refractivity contribution in [2.75, 3.05) is 18.4 Å². The molecule has 1 fully saturated rings. The minimum absolute atomic E-state index is 0.265. The minimum atomic E-state index is -0.279. The maximum atomic E-state index is 12.4. The van der Waals surface area contributed by atoms with Crippen LogP contribution in [0.3, 0.4) is 0 Å². The zero-order valence-electron chi connectivity index (χ0n) is 14.9. The molecule has 132 valence electrons. The van der Waals surface area contributed by atoms with Gasteiger partial charge in [0.05, 0.1) is 0 Å². The number of nitrogens with zero attached hydrogens (tertiary/aromatic N) is 1. The maximum Gasteiger partial charge on any atom is 0.271 e. The van der Waals surface area contributed by atoms with Gasteiger partial charge in [0.15, 0.2) is 0 Å². The van der Waals surface area contributed by atoms with Crippen molar-refractivity contribution in [1.29, 1.82) is 0 Å². The number of aromatic amines is 1. The van der Waals surface area contributed by atoms with Crippen molar-refractivity contribution in [1.82, 2.24) is 9.88 Å². The maximum absolute atomic E-state index is 12.4. The topological polar surface area (TPSA) is 65.2 Å². The number of carbonyl (C=O) groups excluding carboxylic acids is 1. The lowest BCUT2D eigenvalue weighted by Gasteiger charge is -2.26. The van der Waals surface area contributed by atoms with Crippen LogP contribution in [0.15, 0.2) is 35.1 Å². The molecular formula is C20H25N3O2. The average molecular weight is 339 g/mol. The van der Waals surface area contributed by atoms with E-state index in [9.17, 15) is 9.59 Å². The largest absolute Gasteiger partial charge is 0.324 e. The molecule has 2 N–H and O–H groups in total. The van der Waals surface area contributed by atoms with Crippen molar-refractivity contribution in [3.8, 4) is 0 Å². The van der Waals surface area contributed by atoms with Gasteiger partial charge >= 0.3 is 0 Å². The summed E-state index contributed by atoms with van der Waals surface area (Å²) in [5, 5.41) is 2.70. The van der Waals surface area contributed by atoms with Gasteiger partial charge in [0.2, 0.25) is 0 Å². The molecule has 0 atom stereocenters. The van der Waals surface area contributed by atoms with Crippen molar-refractivity contribution in [2.45, 2.75) is 39.7 Å². The lowest BCUT2D eigenvalue weighted by atomic mass is 10.1. The highest BCUT2D eigenvalue weighted by Crippen LogP contribution is 2.14. The highest BCUT2D eigenvalue weighted by molar-refractivity contribution is 6.04. The van der Waals surface area contributed by atoms with Crippen molar-refractivity contribution in [2.24, 2.45) is 0 Å². The predicted octanol–water partition coefficient (Wildman–Crippen LogP) is 3.23. The van der Waals surface area contributed by atoms with E-state index in [1.165, 1.54) is 24.8 Å². The first kappa shape index (κ1) is 17.4. The zero-order valence-corrected chi connectivity index (χ0v) is 14.9. The van der Waals surface area contributed by atoms with Crippen LogP contribution in [0.2, 0.25) is 0 Å². The first-order valence-electron chi connectivity index (χ1n) is 8.86. The Balaban J connectivity index is 1.66. The lowest BCUT2D eigenvalue weighted by molar-refractivity contribution is 0.102. The number of anilines is 1. The van der Waals surface area contributed by atoms with Crippen LogP contribution in [0.4, 0.5) is 5.69 Å². The fourth-order valence-electron chi connectivity index (χ4n) is 3.15. The smallest absolute Gasteiger partial charge is 0.271 e. The molecule has 3 rings (SSSR count). The van der Waals surface area contributed by atoms with E-state index in [1.807, 2.05) is 38.1 Å². The van der Waals surface area contributed by atoms with Crippen LogP contribution in [0, 0.1) is 13.8 Å². The van der Waals surface area contributed by atoms with Gasteiger partial charge in [0.25, 0.3) is 11.5 Å². The third-order valence-electron chi connectivity index (χ3n) is 4.82. The molecule has 0 radical (unpaired) electrons. The molecule has 1 aliphatic rings. The Labute approximate surface area is 148 Å². The number of benzene rings is 1. The number of nitrogens with one attached hydrogen (secondary N) is 2. The molecule has 25 heavy (non-hydrogen) atoms. The van der Waals surface area contributed by atoms with E-state index in [0.717, 1.165) is 30.9 Å². The van der Waals surface area contributed by atoms with Crippen LogP contribution >= 0.6 is 0 Å². The van der Waals surface area contributed by atoms with Crippen LogP contribution < -0.4 is 10.9 Å². The molecule has 0 bridgehead atoms. The molecule has 1 saturated heterocycles. The third-order valence-corrected chi connectivity index (χ3v) is 4.82. The van der Waals surface area contributed by atoms with E-state index in [-0.39, 0.29) is 17.2 Å². The van der Waals surface area contributed by atoms with Gasteiger partial charge in [0, 0.05) is 17.8 Å². The van der Waals surface area contributed by atoms with Gasteiger partial charge < -0.3 is 10.3 Å². The second kappa shape index (κ2) is 7.66. The zero-order chi connectivity index (χ0) is 17.8. The number of aryl methyl sites for hydroxylation is 2. The number of aromatic nitrogens is 1. The molecule has 2 heterocycles. The van der Waals surface area contributed by atoms with Gasteiger partial charge in [0.1, 0.15) is 5.69 Å². The first-order chi connectivity index (χ1) is 12.0. The van der Waals surface area contributed by atoms with Gasteiger partial charge in [-0.1, -0.05) is 18.6 Å². The number of piperidine rings is 1. The average Bonchev–Trinajstić information content (AvgIpc) is 2.61. The summed E-state index contributed by atoms with van der Waals surface area (Å²) in [5.41, 5.74) is 3.52. The molecule has 0 saturated carbocycles. The van der Waals surface area contributed by atoms with Crippen LogP contribution in [-0.2, 0) is 6.54 Å². The van der Waals surface area contributed by atoms with E-state index in [2.05, 4.69) is 15.2 Å². The summed E-state index contributed by atoms with van der Waals surface area (Å²) in [6, 6.07) is 9.34. The van der Waals surface area contributed by atoms with Crippen LogP contribution in [0.1, 0.15) is 46.4 Å². The molecule has 1 aromatic heterocycles. The van der Waals surface area contributed by atoms with E-state index in [0.29, 0.717) is 5.56 Å². The minimum Gasteiger partial charge on any atom is -0.324 e. The second-order valence-corrected chi connectivity index (χ2v) is 6.81. The summed E-state index contributed by atoms with van der Waals surface area (Å²) in [5.74, 6) is -0.265. The second-order valence-electron chi connectivity index (χ2n) is 6.81. The highest BCUT2D eigenvalue weighted by Gasteiger charge is 2.12. The summed E-state index contributed by atoms with van der Waals surface area (Å²) in [7, 11) is 0. The summed E-state index contributed by atoms with van der Waals surface area (Å²) < 4.78 is 0. The van der Waals surface area contributed by atoms with Crippen molar-refractivity contribution in [3.05, 3.63) is 63.1 Å². The Morgan fingerprint density at radius 3 is 2.48 bits per heavy atom. The molecule has 1 aliphatic heterocycles. The molecule has 1 aromatic carbocycles. The number of carbonyl (C=O) groups is 1. The standard InChI is InChI=1S/C20H25N3O2/c1-14-12-18(20(25)21-15(14)2)22-19(24)17-8-6-16(7-9-17)13-23-10-4-3-5-11-23/h6-9,12H,3-5,10-11,13H2,1-2H3,(H,21,25)(H,22,24). The summed E-state index contributed by atoms with van der Waals surface area (Å²) >= 11 is 0. The van der Waals surface area contributed by atoms with Crippen molar-refractivity contribution < 1.29 is 4.79 Å². The summed E-state index contributed by atoms with van der Waals surface area (Å²) in [6.07, 6.45) is 3.86. The van der Waals surface area contributed by atoms with Crippen molar-refractivity contribution >= 4 is 11.6 Å². The molecule has 0 spiro atoms. The Kier molecular flexibility index (Phi) is 5.34. The van der Waals surface area contributed by atoms with E-state index >= 15 is 0 Å². The summed E-state index contributed by atoms with van der Waals surface area (Å²) in [4.78, 5) is 29.5. The molecule has 0 aliphatic carbocycles. The SMILES string of the molecule is Cc1cc(NC(=O)c2ccc(CN3CCCCC3)cc2)c(=O)[nH]c1C. The number of H-pyrrole nitrogens is 1. The van der Waals surface area contributed by atoms with Crippen molar-refractivity contribution in [3.63, 3.8) is 0 Å². The fraction of sp³-hybridized carbons (Fsp3) is 0.400. The number of pyridine rings is 1. The van der Waals surface area contributed by atoms with Gasteiger partial charge in [-0.05, 0) is 69.1 Å². The first-order valence-corrected chi connectivity index (χ1v) is 8.86. The molecule has 2 aromatic rings. The molecular weight excluding hydrogens is 314 g/mol. The predicted molar refractivity (Wildman–Crippen MR) is 100 cm³/mol. The normalized spacial score (nSPS) is 15.1. The lowest BCUT2D eigenvalue weighted by Crippen LogP contribution is -2.29. The fourth-order valence-corrected chi connectivity index (χ4v) is 3.15. The van der Waals surface area contributed by atoms with Gasteiger partial charge in [-0.2, -0.15) is 0 Å². The van der Waals surface area contributed by atoms with Gasteiger partial charge in [-0.3, -0.25) is 14.5 Å². The Morgan fingerprint density at radius 2 is 1.80 bits per heavy atom. The number of amides is 1. The van der Waals surface area contributed by atoms with E-state index in [1.54, 1.807) is 6.07 Å². The van der Waals surface area contributed by atoms with Crippen LogP contribution in [0.25, 0.3) is 0 Å². The number of hydrogen-bond donors (Lipinski definition) is 2. The Bertz CT molecular complexity index is 803. The molecule has 1 amide bonds. The number of rotatable bonds is 4. The number of hydrogen-bond acceptors (Lipinski definition) is 3. The number of likely N-dealkylation sites (tertiary alicyclic amines) is 1. The van der Waals surface area contributed by atoms with Crippen LogP contribution in [-0.4, -0.2) is 28.9 Å². The monoisotopic (exact) mass is 339 g/mol. The highest BCUT2D eigenvalue weighted by atomic mass is 16.2. The molecule has 5 nitrogen and oxygen atoms in total. The third kappa shape index (κ3) is 4.37. The Hall–Kier alpha value is -2.40. The summed E-state index contributed by atoms with van der Waals surface area (Å²) in [6.45, 7) is 6.97. The quantitative estimate of drug-likeness (QED) is 0.899. The van der Waals surface area contributed by atoms with Gasteiger partial charge in [-0.25, -0.2) is 0 Å². The Morgan fingerprint density at radius 1 is 1.12 bits per heavy atom. The molecule has 0 unspecified atom stereocenters. The van der Waals surface area contributed by atoms with E-state index < -0.39 is 0 Å².